The van der Waals surface area contributed by atoms with E-state index in [0.29, 0.717) is 5.69 Å². The van der Waals surface area contributed by atoms with Crippen LogP contribution in [0.15, 0.2) is 18.6 Å². The van der Waals surface area contributed by atoms with E-state index in [1.165, 1.54) is 17.1 Å². The number of hydrogen-bond donors (Lipinski definition) is 2. The number of carbonyl (C=O) groups is 1. The van der Waals surface area contributed by atoms with Crippen molar-refractivity contribution in [1.29, 1.82) is 0 Å². The van der Waals surface area contributed by atoms with E-state index >= 15 is 0 Å². The zero-order chi connectivity index (χ0) is 10.1. The van der Waals surface area contributed by atoms with E-state index in [9.17, 15) is 4.79 Å². The van der Waals surface area contributed by atoms with Gasteiger partial charge in [-0.2, -0.15) is 5.10 Å². The predicted octanol–water partition coefficient (Wildman–Crippen LogP) is 0.508. The molecule has 0 amide bonds. The Hall–Kier alpha value is -2.11. The molecule has 0 atom stereocenters. The summed E-state index contributed by atoms with van der Waals surface area (Å²) in [5.74, 6) is -1.04. The molecule has 0 bridgehead atoms. The van der Waals surface area contributed by atoms with Crippen LogP contribution in [0.1, 0.15) is 10.5 Å². The Kier molecular flexibility index (Phi) is 1.81. The lowest BCUT2D eigenvalue weighted by atomic mass is 10.3. The minimum Gasteiger partial charge on any atom is -0.476 e. The minimum absolute atomic E-state index is 0.0251. The Morgan fingerprint density at radius 2 is 2.43 bits per heavy atom. The van der Waals surface area contributed by atoms with Crippen LogP contribution in [0.4, 0.5) is 0 Å². The maximum atomic E-state index is 10.6. The zero-order valence-electron chi connectivity index (χ0n) is 7.43. The van der Waals surface area contributed by atoms with Crippen molar-refractivity contribution in [3.05, 3.63) is 24.3 Å². The molecule has 2 aromatic rings. The van der Waals surface area contributed by atoms with Gasteiger partial charge in [0.1, 0.15) is 0 Å². The topological polar surface area (TPSA) is 83.8 Å². The number of carboxylic acid groups (broad SMARTS) is 1. The van der Waals surface area contributed by atoms with Gasteiger partial charge in [0.15, 0.2) is 5.69 Å². The first-order valence-electron chi connectivity index (χ1n) is 3.94. The van der Waals surface area contributed by atoms with Gasteiger partial charge in [0.25, 0.3) is 0 Å². The second-order valence-electron chi connectivity index (χ2n) is 2.81. The predicted molar refractivity (Wildman–Crippen MR) is 47.7 cm³/mol. The molecule has 6 heteroatoms. The number of nitrogens with one attached hydrogen (secondary N) is 1. The van der Waals surface area contributed by atoms with Gasteiger partial charge in [0, 0.05) is 13.1 Å². The van der Waals surface area contributed by atoms with Gasteiger partial charge in [-0.3, -0.25) is 4.68 Å². The lowest BCUT2D eigenvalue weighted by Gasteiger charge is -1.95. The fourth-order valence-electron chi connectivity index (χ4n) is 1.22. The molecular weight excluding hydrogens is 184 g/mol. The smallest absolute Gasteiger partial charge is 0.356 e. The molecule has 0 aliphatic heterocycles. The van der Waals surface area contributed by atoms with Gasteiger partial charge in [-0.25, -0.2) is 9.78 Å². The highest BCUT2D eigenvalue weighted by Crippen LogP contribution is 2.16. The third kappa shape index (κ3) is 1.26. The average Bonchev–Trinajstić information content (AvgIpc) is 2.71. The molecule has 0 aliphatic rings. The first kappa shape index (κ1) is 8.49. The van der Waals surface area contributed by atoms with E-state index in [1.54, 1.807) is 13.2 Å². The Bertz CT molecular complexity index is 458. The molecule has 0 saturated heterocycles. The third-order valence-electron chi connectivity index (χ3n) is 1.87. The van der Waals surface area contributed by atoms with Crippen LogP contribution in [0, 0.1) is 0 Å². The molecule has 6 nitrogen and oxygen atoms in total. The Morgan fingerprint density at radius 3 is 2.93 bits per heavy atom. The van der Waals surface area contributed by atoms with E-state index in [1.807, 2.05) is 0 Å². The van der Waals surface area contributed by atoms with Gasteiger partial charge >= 0.3 is 5.97 Å². The van der Waals surface area contributed by atoms with Gasteiger partial charge in [-0.15, -0.1) is 0 Å². The molecule has 14 heavy (non-hydrogen) atoms. The molecule has 0 spiro atoms. The Morgan fingerprint density at radius 1 is 1.64 bits per heavy atom. The Balaban J connectivity index is 2.50. The second kappa shape index (κ2) is 2.99. The number of hydrogen-bond acceptors (Lipinski definition) is 3. The highest BCUT2D eigenvalue weighted by Gasteiger charge is 2.12. The number of H-pyrrole nitrogens is 1. The lowest BCUT2D eigenvalue weighted by Crippen LogP contribution is -1.99. The number of rotatable bonds is 2. The van der Waals surface area contributed by atoms with E-state index < -0.39 is 5.97 Å². The number of aromatic carboxylic acids is 1. The maximum absolute atomic E-state index is 10.6. The molecule has 0 aliphatic carbocycles. The van der Waals surface area contributed by atoms with Gasteiger partial charge in [-0.05, 0) is 0 Å². The van der Waals surface area contributed by atoms with Crippen LogP contribution in [0.25, 0.3) is 11.4 Å². The first-order valence-corrected chi connectivity index (χ1v) is 3.94. The molecule has 2 rings (SSSR count). The summed E-state index contributed by atoms with van der Waals surface area (Å²) in [6.45, 7) is 0. The van der Waals surface area contributed by atoms with Crippen molar-refractivity contribution >= 4 is 5.97 Å². The second-order valence-corrected chi connectivity index (χ2v) is 2.81. The number of aromatic nitrogens is 4. The molecule has 0 unspecified atom stereocenters. The van der Waals surface area contributed by atoms with Crippen molar-refractivity contribution in [1.82, 2.24) is 19.7 Å². The first-order chi connectivity index (χ1) is 6.68. The fraction of sp³-hybridized carbons (Fsp3) is 0.125. The summed E-state index contributed by atoms with van der Waals surface area (Å²) < 4.78 is 1.50. The van der Waals surface area contributed by atoms with Crippen LogP contribution >= 0.6 is 0 Å². The van der Waals surface area contributed by atoms with Crippen molar-refractivity contribution in [3.8, 4) is 11.4 Å². The molecule has 0 fully saturated rings. The highest BCUT2D eigenvalue weighted by atomic mass is 16.4. The summed E-state index contributed by atoms with van der Waals surface area (Å²) in [6.07, 6.45) is 3.14. The molecular formula is C8H8N4O2. The van der Waals surface area contributed by atoms with E-state index in [2.05, 4.69) is 15.1 Å². The fourth-order valence-corrected chi connectivity index (χ4v) is 1.22. The summed E-state index contributed by atoms with van der Waals surface area (Å²) in [7, 11) is 1.68. The quantitative estimate of drug-likeness (QED) is 0.726. The zero-order valence-corrected chi connectivity index (χ0v) is 7.43. The normalized spacial score (nSPS) is 10.4. The van der Waals surface area contributed by atoms with Gasteiger partial charge < -0.3 is 10.1 Å². The van der Waals surface area contributed by atoms with Gasteiger partial charge in [-0.1, -0.05) is 0 Å². The average molecular weight is 192 g/mol. The molecule has 0 radical (unpaired) electrons. The van der Waals surface area contributed by atoms with Gasteiger partial charge in [0.05, 0.1) is 23.9 Å². The standard InChI is InChI=1S/C8H8N4O2/c1-12-7(6-3-9-4-10-6)2-5(11-12)8(13)14/h2-4H,1H3,(H,9,10)(H,13,14). The van der Waals surface area contributed by atoms with E-state index in [0.717, 1.165) is 5.69 Å². The van der Waals surface area contributed by atoms with Crippen LogP contribution in [-0.2, 0) is 7.05 Å². The molecule has 72 valence electrons. The molecule has 0 aromatic carbocycles. The summed E-state index contributed by atoms with van der Waals surface area (Å²) in [5.41, 5.74) is 1.46. The van der Waals surface area contributed by atoms with Crippen molar-refractivity contribution < 1.29 is 9.90 Å². The largest absolute Gasteiger partial charge is 0.476 e. The van der Waals surface area contributed by atoms with Crippen LogP contribution < -0.4 is 0 Å². The highest BCUT2D eigenvalue weighted by molar-refractivity contribution is 5.86. The lowest BCUT2D eigenvalue weighted by molar-refractivity contribution is 0.0689. The SMILES string of the molecule is Cn1nc(C(=O)O)cc1-c1cnc[nH]1. The number of carboxylic acids is 1. The number of nitrogens with zero attached hydrogens (tertiary/aromatic N) is 3. The van der Waals surface area contributed by atoms with Crippen LogP contribution in [0.3, 0.4) is 0 Å². The molecule has 2 N–H and O–H groups in total. The minimum atomic E-state index is -1.04. The summed E-state index contributed by atoms with van der Waals surface area (Å²) in [4.78, 5) is 17.4. The van der Waals surface area contributed by atoms with Crippen molar-refractivity contribution in [2.75, 3.05) is 0 Å². The van der Waals surface area contributed by atoms with E-state index in [4.69, 9.17) is 5.11 Å². The number of imidazole rings is 1. The van der Waals surface area contributed by atoms with E-state index in [-0.39, 0.29) is 5.69 Å². The van der Waals surface area contributed by atoms with Crippen LogP contribution in [0.5, 0.6) is 0 Å². The van der Waals surface area contributed by atoms with Crippen molar-refractivity contribution in [3.63, 3.8) is 0 Å². The maximum Gasteiger partial charge on any atom is 0.356 e. The van der Waals surface area contributed by atoms with Crippen molar-refractivity contribution in [2.45, 2.75) is 0 Å². The summed E-state index contributed by atoms with van der Waals surface area (Å²) in [6, 6.07) is 1.50. The molecule has 2 heterocycles. The third-order valence-corrected chi connectivity index (χ3v) is 1.87. The van der Waals surface area contributed by atoms with Crippen LogP contribution in [-0.4, -0.2) is 30.8 Å². The van der Waals surface area contributed by atoms with Gasteiger partial charge in [0.2, 0.25) is 0 Å². The number of aromatic amines is 1. The van der Waals surface area contributed by atoms with Crippen LogP contribution in [0.2, 0.25) is 0 Å². The summed E-state index contributed by atoms with van der Waals surface area (Å²) >= 11 is 0. The Labute approximate surface area is 79.2 Å². The van der Waals surface area contributed by atoms with Crippen molar-refractivity contribution in [2.24, 2.45) is 7.05 Å². The monoisotopic (exact) mass is 192 g/mol. The summed E-state index contributed by atoms with van der Waals surface area (Å²) in [5, 5.41) is 12.6. The number of aryl methyl sites for hydroxylation is 1. The molecule has 2 aromatic heterocycles. The molecule has 0 saturated carbocycles.